The fraction of sp³-hybridized carbons (Fsp3) is 0.538. The Morgan fingerprint density at radius 1 is 1.43 bits per heavy atom. The molecule has 0 unspecified atom stereocenters. The van der Waals surface area contributed by atoms with Crippen molar-refractivity contribution in [3.05, 3.63) is 18.3 Å². The number of nitrogens with one attached hydrogen (secondary N) is 1. The van der Waals surface area contributed by atoms with Crippen molar-refractivity contribution in [1.82, 2.24) is 9.88 Å². The second-order valence-corrected chi connectivity index (χ2v) is 6.78. The van der Waals surface area contributed by atoms with E-state index in [1.807, 2.05) is 0 Å². The summed E-state index contributed by atoms with van der Waals surface area (Å²) < 4.78 is 28.4. The molecule has 0 aliphatic carbocycles. The van der Waals surface area contributed by atoms with Crippen molar-refractivity contribution < 1.29 is 17.9 Å². The van der Waals surface area contributed by atoms with Gasteiger partial charge in [-0.15, -0.1) is 0 Å². The average molecular weight is 313 g/mol. The second kappa shape index (κ2) is 6.86. The van der Waals surface area contributed by atoms with Gasteiger partial charge in [-0.1, -0.05) is 0 Å². The number of hydrogen-bond donors (Lipinski definition) is 1. The van der Waals surface area contributed by atoms with Crippen LogP contribution in [0.15, 0.2) is 23.2 Å². The number of nitrogens with zero attached hydrogens (tertiary/aromatic N) is 2. The average Bonchev–Trinajstić information content (AvgIpc) is 2.47. The van der Waals surface area contributed by atoms with Crippen LogP contribution in [-0.2, 0) is 19.4 Å². The van der Waals surface area contributed by atoms with Gasteiger partial charge in [0, 0.05) is 38.5 Å². The van der Waals surface area contributed by atoms with E-state index in [0.717, 1.165) is 6.26 Å². The Labute approximate surface area is 124 Å². The van der Waals surface area contributed by atoms with Crippen molar-refractivity contribution in [3.63, 3.8) is 0 Å². The standard InChI is InChI=1S/C13H19N3O4S/c1-21(18,19)11-3-2-5-14-13(11)15-6-4-12(17)16-7-9-20-10-8-16/h2-3,5H,4,6-10H2,1H3,(H,14,15). The molecule has 8 heteroatoms. The highest BCUT2D eigenvalue weighted by Crippen LogP contribution is 2.17. The normalized spacial score (nSPS) is 15.8. The van der Waals surface area contributed by atoms with E-state index in [0.29, 0.717) is 39.3 Å². The van der Waals surface area contributed by atoms with Gasteiger partial charge in [0.1, 0.15) is 10.7 Å². The zero-order valence-corrected chi connectivity index (χ0v) is 12.7. The van der Waals surface area contributed by atoms with Gasteiger partial charge in [-0.3, -0.25) is 4.79 Å². The molecule has 0 bridgehead atoms. The fourth-order valence-electron chi connectivity index (χ4n) is 2.08. The first kappa shape index (κ1) is 15.7. The molecule has 1 aliphatic rings. The molecule has 1 aromatic heterocycles. The van der Waals surface area contributed by atoms with Crippen LogP contribution in [0.2, 0.25) is 0 Å². The number of rotatable bonds is 5. The Morgan fingerprint density at radius 3 is 2.81 bits per heavy atom. The van der Waals surface area contributed by atoms with Crippen molar-refractivity contribution in [2.45, 2.75) is 11.3 Å². The van der Waals surface area contributed by atoms with Crippen molar-refractivity contribution in [3.8, 4) is 0 Å². The Bertz CT molecular complexity index is 597. The molecule has 21 heavy (non-hydrogen) atoms. The molecule has 1 aromatic rings. The first-order valence-electron chi connectivity index (χ1n) is 6.73. The van der Waals surface area contributed by atoms with Crippen LogP contribution >= 0.6 is 0 Å². The van der Waals surface area contributed by atoms with Gasteiger partial charge in [-0.05, 0) is 12.1 Å². The first-order chi connectivity index (χ1) is 9.98. The van der Waals surface area contributed by atoms with Crippen LogP contribution < -0.4 is 5.32 Å². The van der Waals surface area contributed by atoms with E-state index in [4.69, 9.17) is 4.74 Å². The first-order valence-corrected chi connectivity index (χ1v) is 8.62. The van der Waals surface area contributed by atoms with E-state index in [1.54, 1.807) is 11.0 Å². The second-order valence-electron chi connectivity index (χ2n) is 4.79. The summed E-state index contributed by atoms with van der Waals surface area (Å²) in [5, 5.41) is 2.92. The smallest absolute Gasteiger partial charge is 0.224 e. The monoisotopic (exact) mass is 313 g/mol. The highest BCUT2D eigenvalue weighted by Gasteiger charge is 2.17. The Kier molecular flexibility index (Phi) is 5.13. The number of carbonyl (C=O) groups is 1. The summed E-state index contributed by atoms with van der Waals surface area (Å²) in [6.45, 7) is 2.69. The number of sulfone groups is 1. The van der Waals surface area contributed by atoms with E-state index < -0.39 is 9.84 Å². The van der Waals surface area contributed by atoms with E-state index in [-0.39, 0.29) is 16.6 Å². The molecular formula is C13H19N3O4S. The van der Waals surface area contributed by atoms with Gasteiger partial charge >= 0.3 is 0 Å². The van der Waals surface area contributed by atoms with Crippen molar-refractivity contribution in [2.75, 3.05) is 44.4 Å². The third-order valence-electron chi connectivity index (χ3n) is 3.17. The van der Waals surface area contributed by atoms with E-state index in [9.17, 15) is 13.2 Å². The van der Waals surface area contributed by atoms with Crippen LogP contribution in [0.5, 0.6) is 0 Å². The summed E-state index contributed by atoms with van der Waals surface area (Å²) in [6.07, 6.45) is 2.94. The number of amides is 1. The maximum atomic E-state index is 12.0. The minimum absolute atomic E-state index is 0.0302. The third-order valence-corrected chi connectivity index (χ3v) is 4.29. The zero-order valence-electron chi connectivity index (χ0n) is 11.9. The summed E-state index contributed by atoms with van der Waals surface area (Å²) in [6, 6.07) is 3.06. The van der Waals surface area contributed by atoms with Crippen molar-refractivity contribution >= 4 is 21.6 Å². The van der Waals surface area contributed by atoms with Gasteiger partial charge in [0.15, 0.2) is 9.84 Å². The van der Waals surface area contributed by atoms with E-state index >= 15 is 0 Å². The van der Waals surface area contributed by atoms with Crippen molar-refractivity contribution in [2.24, 2.45) is 0 Å². The maximum absolute atomic E-state index is 12.0. The molecule has 116 valence electrons. The van der Waals surface area contributed by atoms with Crippen LogP contribution in [0.4, 0.5) is 5.82 Å². The molecule has 1 amide bonds. The summed E-state index contributed by atoms with van der Waals surface area (Å²) in [5.41, 5.74) is 0. The number of anilines is 1. The Balaban J connectivity index is 1.90. The molecule has 7 nitrogen and oxygen atoms in total. The van der Waals surface area contributed by atoms with E-state index in [2.05, 4.69) is 10.3 Å². The van der Waals surface area contributed by atoms with Gasteiger partial charge in [0.05, 0.1) is 13.2 Å². The zero-order chi connectivity index (χ0) is 15.3. The molecule has 0 saturated carbocycles. The van der Waals surface area contributed by atoms with Gasteiger partial charge < -0.3 is 15.0 Å². The summed E-state index contributed by atoms with van der Waals surface area (Å²) in [7, 11) is -3.34. The highest BCUT2D eigenvalue weighted by molar-refractivity contribution is 7.90. The van der Waals surface area contributed by atoms with Gasteiger partial charge in [0.2, 0.25) is 5.91 Å². The SMILES string of the molecule is CS(=O)(=O)c1cccnc1NCCC(=O)N1CCOCC1. The predicted molar refractivity (Wildman–Crippen MR) is 77.9 cm³/mol. The van der Waals surface area contributed by atoms with Crippen LogP contribution in [0.3, 0.4) is 0 Å². The molecular weight excluding hydrogens is 294 g/mol. The van der Waals surface area contributed by atoms with Crippen LogP contribution in [0, 0.1) is 0 Å². The molecule has 0 aromatic carbocycles. The molecule has 2 heterocycles. The Hall–Kier alpha value is -1.67. The van der Waals surface area contributed by atoms with Crippen LogP contribution in [0.25, 0.3) is 0 Å². The lowest BCUT2D eigenvalue weighted by molar-refractivity contribution is -0.134. The molecule has 2 rings (SSSR count). The lowest BCUT2D eigenvalue weighted by Gasteiger charge is -2.26. The van der Waals surface area contributed by atoms with Gasteiger partial charge in [-0.2, -0.15) is 0 Å². The molecule has 0 spiro atoms. The summed E-state index contributed by atoms with van der Waals surface area (Å²) in [4.78, 5) is 17.9. The quantitative estimate of drug-likeness (QED) is 0.832. The Morgan fingerprint density at radius 2 is 2.14 bits per heavy atom. The predicted octanol–water partition coefficient (Wildman–Crippen LogP) is 0.146. The number of pyridine rings is 1. The van der Waals surface area contributed by atoms with Gasteiger partial charge in [0.25, 0.3) is 0 Å². The summed E-state index contributed by atoms with van der Waals surface area (Å²) in [5.74, 6) is 0.317. The number of hydrogen-bond acceptors (Lipinski definition) is 6. The topological polar surface area (TPSA) is 88.6 Å². The largest absolute Gasteiger partial charge is 0.378 e. The third kappa shape index (κ3) is 4.40. The minimum Gasteiger partial charge on any atom is -0.378 e. The molecule has 0 atom stereocenters. The molecule has 1 N–H and O–H groups in total. The fourth-order valence-corrected chi connectivity index (χ4v) is 2.88. The number of carbonyl (C=O) groups excluding carboxylic acids is 1. The van der Waals surface area contributed by atoms with E-state index in [1.165, 1.54) is 12.3 Å². The number of aromatic nitrogens is 1. The van der Waals surface area contributed by atoms with Crippen LogP contribution in [0.1, 0.15) is 6.42 Å². The van der Waals surface area contributed by atoms with Gasteiger partial charge in [-0.25, -0.2) is 13.4 Å². The molecule has 1 aliphatic heterocycles. The van der Waals surface area contributed by atoms with Crippen LogP contribution in [-0.4, -0.2) is 63.3 Å². The number of morpholine rings is 1. The van der Waals surface area contributed by atoms with Crippen molar-refractivity contribution in [1.29, 1.82) is 0 Å². The minimum atomic E-state index is -3.34. The molecule has 0 radical (unpaired) electrons. The lowest BCUT2D eigenvalue weighted by Crippen LogP contribution is -2.41. The maximum Gasteiger partial charge on any atom is 0.224 e. The summed E-state index contributed by atoms with van der Waals surface area (Å²) >= 11 is 0. The highest BCUT2D eigenvalue weighted by atomic mass is 32.2. The molecule has 1 fully saturated rings. The molecule has 1 saturated heterocycles. The number of ether oxygens (including phenoxy) is 1. The lowest BCUT2D eigenvalue weighted by atomic mass is 10.3.